The van der Waals surface area contributed by atoms with E-state index in [1.54, 1.807) is 13.8 Å². The second-order valence-electron chi connectivity index (χ2n) is 5.09. The van der Waals surface area contributed by atoms with Gasteiger partial charge in [0.1, 0.15) is 5.78 Å². The molecule has 1 unspecified atom stereocenters. The van der Waals surface area contributed by atoms with Crippen LogP contribution in [0.15, 0.2) is 41.5 Å². The molecule has 1 rings (SSSR count). The van der Waals surface area contributed by atoms with Gasteiger partial charge in [0.25, 0.3) is 0 Å². The van der Waals surface area contributed by atoms with Gasteiger partial charge in [0, 0.05) is 17.9 Å². The minimum atomic E-state index is -1.28. The average Bonchev–Trinajstić information content (AvgIpc) is 2.50. The van der Waals surface area contributed by atoms with Crippen LogP contribution >= 0.6 is 0 Å². The monoisotopic (exact) mass is 304 g/mol. The summed E-state index contributed by atoms with van der Waals surface area (Å²) in [6, 6.07) is 9.21. The highest BCUT2D eigenvalue weighted by molar-refractivity contribution is 5.95. The third kappa shape index (κ3) is 4.84. The molecular formula is C17H20O5. The second kappa shape index (κ2) is 8.12. The molecule has 1 aromatic rings. The molecule has 0 heterocycles. The van der Waals surface area contributed by atoms with Gasteiger partial charge in [0.2, 0.25) is 0 Å². The number of benzene rings is 1. The van der Waals surface area contributed by atoms with Gasteiger partial charge >= 0.3 is 11.9 Å². The molecule has 1 atom stereocenters. The highest BCUT2D eigenvalue weighted by Crippen LogP contribution is 2.23. The number of hydrogen-bond donors (Lipinski definition) is 2. The van der Waals surface area contributed by atoms with E-state index in [1.165, 1.54) is 0 Å². The summed E-state index contributed by atoms with van der Waals surface area (Å²) in [4.78, 5) is 34.4. The Morgan fingerprint density at radius 3 is 2.09 bits per heavy atom. The lowest BCUT2D eigenvalue weighted by molar-refractivity contribution is -0.139. The number of carbonyl (C=O) groups excluding carboxylic acids is 1. The van der Waals surface area contributed by atoms with Crippen molar-refractivity contribution in [2.45, 2.75) is 39.0 Å². The van der Waals surface area contributed by atoms with Gasteiger partial charge in [-0.25, -0.2) is 4.79 Å². The van der Waals surface area contributed by atoms with E-state index in [0.717, 1.165) is 5.56 Å². The maximum Gasteiger partial charge on any atom is 0.332 e. The molecule has 1 aromatic carbocycles. The van der Waals surface area contributed by atoms with E-state index in [1.807, 2.05) is 30.3 Å². The molecule has 0 aliphatic rings. The van der Waals surface area contributed by atoms with Crippen LogP contribution in [0.2, 0.25) is 0 Å². The summed E-state index contributed by atoms with van der Waals surface area (Å²) in [5.41, 5.74) is 1.05. The Labute approximate surface area is 129 Å². The summed E-state index contributed by atoms with van der Waals surface area (Å²) < 4.78 is 0. The van der Waals surface area contributed by atoms with Gasteiger partial charge in [-0.2, -0.15) is 0 Å². The zero-order chi connectivity index (χ0) is 16.7. The van der Waals surface area contributed by atoms with Crippen LogP contribution in [-0.4, -0.2) is 27.9 Å². The number of carboxylic acids is 2. The maximum atomic E-state index is 12.4. The van der Waals surface area contributed by atoms with Crippen molar-refractivity contribution in [2.24, 2.45) is 0 Å². The lowest BCUT2D eigenvalue weighted by Crippen LogP contribution is -2.15. The second-order valence-corrected chi connectivity index (χ2v) is 5.09. The number of aliphatic carboxylic acids is 2. The van der Waals surface area contributed by atoms with E-state index < -0.39 is 18.4 Å². The number of ketones is 1. The first-order valence-electron chi connectivity index (χ1n) is 7.10. The van der Waals surface area contributed by atoms with Crippen LogP contribution in [0.3, 0.4) is 0 Å². The molecule has 0 saturated heterocycles. The smallest absolute Gasteiger partial charge is 0.332 e. The van der Waals surface area contributed by atoms with Gasteiger partial charge in [0.15, 0.2) is 0 Å². The number of Topliss-reactive ketones (excluding diaryl/α,β-unsaturated/α-hetero) is 1. The number of carboxylic acid groups (broad SMARTS) is 2. The van der Waals surface area contributed by atoms with E-state index in [0.29, 0.717) is 12.0 Å². The van der Waals surface area contributed by atoms with Gasteiger partial charge in [0.05, 0.1) is 6.42 Å². The van der Waals surface area contributed by atoms with Crippen molar-refractivity contribution in [3.63, 3.8) is 0 Å². The predicted octanol–water partition coefficient (Wildman–Crippen LogP) is 3.02. The lowest BCUT2D eigenvalue weighted by atomic mass is 9.89. The third-order valence-electron chi connectivity index (χ3n) is 3.61. The van der Waals surface area contributed by atoms with Crippen LogP contribution in [-0.2, 0) is 14.4 Å². The maximum absolute atomic E-state index is 12.4. The summed E-state index contributed by atoms with van der Waals surface area (Å²) in [6.45, 7) is 3.49. The first kappa shape index (κ1) is 17.6. The minimum Gasteiger partial charge on any atom is -0.481 e. The van der Waals surface area contributed by atoms with Crippen LogP contribution in [0.1, 0.15) is 44.6 Å². The number of rotatable bonds is 8. The molecule has 0 saturated carbocycles. The Morgan fingerprint density at radius 1 is 1.05 bits per heavy atom. The summed E-state index contributed by atoms with van der Waals surface area (Å²) in [6.07, 6.45) is -0.283. The highest BCUT2D eigenvalue weighted by atomic mass is 16.4. The van der Waals surface area contributed by atoms with Crippen molar-refractivity contribution < 1.29 is 24.6 Å². The summed E-state index contributed by atoms with van der Waals surface area (Å²) in [5.74, 6) is -2.97. The van der Waals surface area contributed by atoms with Crippen LogP contribution in [0.25, 0.3) is 0 Å². The van der Waals surface area contributed by atoms with E-state index in [4.69, 9.17) is 10.2 Å². The molecule has 0 spiro atoms. The normalized spacial score (nSPS) is 13.2. The first-order valence-corrected chi connectivity index (χ1v) is 7.10. The molecule has 118 valence electrons. The SMILES string of the molecule is CCC(CC(=O)C(C)c1ccccc1)=C(CC(=O)O)C(=O)O. The summed E-state index contributed by atoms with van der Waals surface area (Å²) >= 11 is 0. The molecule has 2 N–H and O–H groups in total. The van der Waals surface area contributed by atoms with E-state index in [9.17, 15) is 14.4 Å². The van der Waals surface area contributed by atoms with Crippen LogP contribution in [0.5, 0.6) is 0 Å². The highest BCUT2D eigenvalue weighted by Gasteiger charge is 2.21. The fraction of sp³-hybridized carbons (Fsp3) is 0.353. The van der Waals surface area contributed by atoms with Crippen molar-refractivity contribution in [2.75, 3.05) is 0 Å². The largest absolute Gasteiger partial charge is 0.481 e. The number of allylic oxidation sites excluding steroid dienone is 1. The fourth-order valence-electron chi connectivity index (χ4n) is 2.24. The molecule has 22 heavy (non-hydrogen) atoms. The van der Waals surface area contributed by atoms with Crippen LogP contribution < -0.4 is 0 Å². The van der Waals surface area contributed by atoms with Gasteiger partial charge < -0.3 is 10.2 Å². The van der Waals surface area contributed by atoms with E-state index in [2.05, 4.69) is 0 Å². The Morgan fingerprint density at radius 2 is 1.64 bits per heavy atom. The molecule has 0 bridgehead atoms. The first-order chi connectivity index (χ1) is 10.4. The number of carbonyl (C=O) groups is 3. The average molecular weight is 304 g/mol. The van der Waals surface area contributed by atoms with Crippen molar-refractivity contribution in [1.29, 1.82) is 0 Å². The van der Waals surface area contributed by atoms with E-state index in [-0.39, 0.29) is 23.7 Å². The van der Waals surface area contributed by atoms with Crippen molar-refractivity contribution >= 4 is 17.7 Å². The lowest BCUT2D eigenvalue weighted by Gasteiger charge is -2.14. The molecule has 0 aliphatic heterocycles. The topological polar surface area (TPSA) is 91.7 Å². The Hall–Kier alpha value is -2.43. The fourth-order valence-corrected chi connectivity index (χ4v) is 2.24. The van der Waals surface area contributed by atoms with Gasteiger partial charge in [-0.05, 0) is 12.0 Å². The van der Waals surface area contributed by atoms with Crippen molar-refractivity contribution in [3.8, 4) is 0 Å². The zero-order valence-electron chi connectivity index (χ0n) is 12.7. The molecule has 5 heteroatoms. The Bertz CT molecular complexity index is 586. The third-order valence-corrected chi connectivity index (χ3v) is 3.61. The quantitative estimate of drug-likeness (QED) is 0.720. The summed E-state index contributed by atoms with van der Waals surface area (Å²) in [7, 11) is 0. The summed E-state index contributed by atoms with van der Waals surface area (Å²) in [5, 5.41) is 18.0. The molecule has 0 radical (unpaired) electrons. The van der Waals surface area contributed by atoms with Crippen molar-refractivity contribution in [3.05, 3.63) is 47.0 Å². The van der Waals surface area contributed by atoms with Gasteiger partial charge in [-0.15, -0.1) is 0 Å². The molecule has 0 aliphatic carbocycles. The Balaban J connectivity index is 2.99. The molecule has 0 aromatic heterocycles. The van der Waals surface area contributed by atoms with Gasteiger partial charge in [-0.3, -0.25) is 9.59 Å². The predicted molar refractivity (Wildman–Crippen MR) is 81.7 cm³/mol. The zero-order valence-corrected chi connectivity index (χ0v) is 12.7. The molecule has 0 amide bonds. The van der Waals surface area contributed by atoms with Gasteiger partial charge in [-0.1, -0.05) is 49.8 Å². The van der Waals surface area contributed by atoms with E-state index >= 15 is 0 Å². The standard InChI is InChI=1S/C17H20O5/c1-3-12(14(17(21)22)10-16(19)20)9-15(18)11(2)13-7-5-4-6-8-13/h4-8,11H,3,9-10H2,1-2H3,(H,19,20)(H,21,22). The molecule has 0 fully saturated rings. The number of hydrogen-bond acceptors (Lipinski definition) is 3. The van der Waals surface area contributed by atoms with Crippen molar-refractivity contribution in [1.82, 2.24) is 0 Å². The molecule has 5 nitrogen and oxygen atoms in total. The minimum absolute atomic E-state index is 0.0402. The van der Waals surface area contributed by atoms with Crippen LogP contribution in [0.4, 0.5) is 0 Å². The van der Waals surface area contributed by atoms with Crippen LogP contribution in [0, 0.1) is 0 Å². The Kier molecular flexibility index (Phi) is 6.50. The molecular weight excluding hydrogens is 284 g/mol.